The number of fused-ring (bicyclic) bond motifs is 1. The first-order valence-electron chi connectivity index (χ1n) is 12.2. The zero-order valence-electron chi connectivity index (χ0n) is 20.3. The van der Waals surface area contributed by atoms with E-state index < -0.39 is 0 Å². The SMILES string of the molecule is CCc1cc(O)ccc1-c1ccc2c(-c3ncc(C4=CCN(CCCNSC)CC4)[nH]3)n[nH]c2c1. The lowest BCUT2D eigenvalue weighted by Gasteiger charge is -2.25. The third-order valence-corrected chi connectivity index (χ3v) is 7.17. The number of aromatic nitrogens is 4. The molecule has 0 bridgehead atoms. The number of H-pyrrole nitrogens is 2. The molecule has 4 aromatic rings. The molecule has 0 saturated carbocycles. The van der Waals surface area contributed by atoms with Gasteiger partial charge in [0.15, 0.2) is 5.82 Å². The lowest BCUT2D eigenvalue weighted by atomic mass is 9.97. The van der Waals surface area contributed by atoms with E-state index in [0.717, 1.165) is 83.8 Å². The first-order valence-corrected chi connectivity index (χ1v) is 13.4. The zero-order valence-corrected chi connectivity index (χ0v) is 21.1. The zero-order chi connectivity index (χ0) is 24.2. The highest BCUT2D eigenvalue weighted by Crippen LogP contribution is 2.32. The van der Waals surface area contributed by atoms with Crippen LogP contribution in [0.25, 0.3) is 39.1 Å². The van der Waals surface area contributed by atoms with Crippen LogP contribution in [0.15, 0.2) is 48.7 Å². The van der Waals surface area contributed by atoms with E-state index in [0.29, 0.717) is 5.75 Å². The second-order valence-corrected chi connectivity index (χ2v) is 9.60. The van der Waals surface area contributed by atoms with Gasteiger partial charge in [-0.15, -0.1) is 0 Å². The summed E-state index contributed by atoms with van der Waals surface area (Å²) in [5.41, 5.74) is 7.55. The van der Waals surface area contributed by atoms with Gasteiger partial charge >= 0.3 is 0 Å². The quantitative estimate of drug-likeness (QED) is 0.190. The Morgan fingerprint density at radius 1 is 1.20 bits per heavy atom. The van der Waals surface area contributed by atoms with Crippen molar-refractivity contribution in [3.05, 3.63) is 59.9 Å². The number of aryl methyl sites for hydroxylation is 1. The van der Waals surface area contributed by atoms with Crippen LogP contribution >= 0.6 is 11.9 Å². The van der Waals surface area contributed by atoms with Gasteiger partial charge in [0, 0.05) is 25.0 Å². The van der Waals surface area contributed by atoms with E-state index in [-0.39, 0.29) is 0 Å². The number of nitrogens with one attached hydrogen (secondary N) is 3. The molecule has 0 saturated heterocycles. The first-order chi connectivity index (χ1) is 17.2. The fourth-order valence-electron chi connectivity index (χ4n) is 4.76. The summed E-state index contributed by atoms with van der Waals surface area (Å²) in [6.07, 6.45) is 9.36. The summed E-state index contributed by atoms with van der Waals surface area (Å²) in [5.74, 6) is 1.08. The number of phenolic OH excluding ortho intramolecular Hbond substituents is 1. The van der Waals surface area contributed by atoms with Crippen LogP contribution in [0.4, 0.5) is 0 Å². The summed E-state index contributed by atoms with van der Waals surface area (Å²) >= 11 is 1.68. The molecule has 7 nitrogen and oxygen atoms in total. The number of aromatic amines is 2. The predicted octanol–water partition coefficient (Wildman–Crippen LogP) is 5.23. The second kappa shape index (κ2) is 10.7. The van der Waals surface area contributed by atoms with Crippen LogP contribution in [0.3, 0.4) is 0 Å². The molecule has 0 fully saturated rings. The monoisotopic (exact) mass is 488 g/mol. The van der Waals surface area contributed by atoms with Crippen molar-refractivity contribution in [1.29, 1.82) is 0 Å². The van der Waals surface area contributed by atoms with Gasteiger partial charge in [-0.05, 0) is 78.6 Å². The van der Waals surface area contributed by atoms with Crippen molar-refractivity contribution in [3.8, 4) is 28.4 Å². The number of aromatic hydroxyl groups is 1. The van der Waals surface area contributed by atoms with Crippen molar-refractivity contribution in [2.45, 2.75) is 26.2 Å². The minimum absolute atomic E-state index is 0.299. The van der Waals surface area contributed by atoms with Gasteiger partial charge in [0.05, 0.1) is 17.4 Å². The Hall–Kier alpha value is -3.07. The summed E-state index contributed by atoms with van der Waals surface area (Å²) in [6, 6.07) is 11.9. The van der Waals surface area contributed by atoms with Crippen LogP contribution in [0, 0.1) is 0 Å². The molecule has 35 heavy (non-hydrogen) atoms. The average Bonchev–Trinajstić information content (AvgIpc) is 3.54. The van der Waals surface area contributed by atoms with Crippen molar-refractivity contribution in [2.75, 3.05) is 32.4 Å². The maximum atomic E-state index is 9.84. The van der Waals surface area contributed by atoms with E-state index in [2.05, 4.69) is 67.2 Å². The van der Waals surface area contributed by atoms with Crippen LogP contribution in [0.5, 0.6) is 5.75 Å². The van der Waals surface area contributed by atoms with Gasteiger partial charge in [-0.2, -0.15) is 5.10 Å². The minimum atomic E-state index is 0.299. The van der Waals surface area contributed by atoms with Crippen LogP contribution in [0.1, 0.15) is 31.0 Å². The number of hydrogen-bond acceptors (Lipinski definition) is 6. The van der Waals surface area contributed by atoms with Crippen LogP contribution in [0.2, 0.25) is 0 Å². The number of benzene rings is 2. The lowest BCUT2D eigenvalue weighted by Crippen LogP contribution is -2.30. The third kappa shape index (κ3) is 5.15. The van der Waals surface area contributed by atoms with Gasteiger partial charge in [0.25, 0.3) is 0 Å². The average molecular weight is 489 g/mol. The summed E-state index contributed by atoms with van der Waals surface area (Å²) in [7, 11) is 0. The molecule has 0 atom stereocenters. The molecule has 0 aliphatic carbocycles. The summed E-state index contributed by atoms with van der Waals surface area (Å²) < 4.78 is 3.31. The highest BCUT2D eigenvalue weighted by atomic mass is 32.2. The molecular weight excluding hydrogens is 456 g/mol. The van der Waals surface area contributed by atoms with Gasteiger partial charge in [-0.25, -0.2) is 4.98 Å². The first kappa shape index (κ1) is 23.7. The molecule has 0 spiro atoms. The summed E-state index contributed by atoms with van der Waals surface area (Å²) in [6.45, 7) is 6.32. The van der Waals surface area contributed by atoms with Gasteiger partial charge in [0.2, 0.25) is 0 Å². The van der Waals surface area contributed by atoms with Gasteiger partial charge in [-0.1, -0.05) is 37.1 Å². The van der Waals surface area contributed by atoms with Crippen molar-refractivity contribution in [3.63, 3.8) is 0 Å². The standard InChI is InChI=1S/C27H32N6OS/c1-3-18-15-21(34)6-8-22(18)20-5-7-23-24(16-20)31-32-26(23)27-28-17-25(30-27)19-9-13-33(14-10-19)12-4-11-29-35-2/h5-9,15-17,29,34H,3-4,10-14H2,1-2H3,(H,28,30)(H,31,32). The number of rotatable bonds is 9. The number of phenols is 1. The largest absolute Gasteiger partial charge is 0.508 e. The third-order valence-electron chi connectivity index (χ3n) is 6.68. The van der Waals surface area contributed by atoms with E-state index in [4.69, 9.17) is 0 Å². The van der Waals surface area contributed by atoms with Crippen LogP contribution in [-0.2, 0) is 6.42 Å². The molecule has 0 radical (unpaired) electrons. The van der Waals surface area contributed by atoms with Crippen molar-refractivity contribution in [1.82, 2.24) is 29.8 Å². The Kier molecular flexibility index (Phi) is 7.22. The maximum absolute atomic E-state index is 9.84. The molecule has 2 aromatic carbocycles. The minimum Gasteiger partial charge on any atom is -0.508 e. The van der Waals surface area contributed by atoms with E-state index in [1.165, 1.54) is 12.0 Å². The number of nitrogens with zero attached hydrogens (tertiary/aromatic N) is 3. The molecule has 4 N–H and O–H groups in total. The van der Waals surface area contributed by atoms with Crippen molar-refractivity contribution in [2.24, 2.45) is 0 Å². The fraction of sp³-hybridized carbons (Fsp3) is 0.333. The molecule has 182 valence electrons. The van der Waals surface area contributed by atoms with Gasteiger partial charge < -0.3 is 10.1 Å². The lowest BCUT2D eigenvalue weighted by molar-refractivity contribution is 0.298. The highest BCUT2D eigenvalue weighted by Gasteiger charge is 2.17. The Balaban J connectivity index is 1.33. The molecular formula is C27H32N6OS. The molecule has 1 aliphatic rings. The Bertz CT molecular complexity index is 1340. The van der Waals surface area contributed by atoms with Gasteiger partial charge in [0.1, 0.15) is 11.4 Å². The Labute approximate surface area is 210 Å². The molecule has 2 aromatic heterocycles. The Morgan fingerprint density at radius 3 is 2.91 bits per heavy atom. The molecule has 0 unspecified atom stereocenters. The van der Waals surface area contributed by atoms with E-state index in [1.54, 1.807) is 18.0 Å². The summed E-state index contributed by atoms with van der Waals surface area (Å²) in [5, 5.41) is 18.6. The second-order valence-electron chi connectivity index (χ2n) is 8.91. The molecule has 5 rings (SSSR count). The van der Waals surface area contributed by atoms with Crippen LogP contribution < -0.4 is 4.72 Å². The molecule has 0 amide bonds. The van der Waals surface area contributed by atoms with E-state index in [1.807, 2.05) is 18.3 Å². The number of hydrogen-bond donors (Lipinski definition) is 4. The molecule has 8 heteroatoms. The number of imidazole rings is 1. The normalized spacial score (nSPS) is 14.5. The highest BCUT2D eigenvalue weighted by molar-refractivity contribution is 7.96. The maximum Gasteiger partial charge on any atom is 0.159 e. The van der Waals surface area contributed by atoms with E-state index >= 15 is 0 Å². The van der Waals surface area contributed by atoms with Crippen molar-refractivity contribution >= 4 is 28.4 Å². The molecule has 1 aliphatic heterocycles. The van der Waals surface area contributed by atoms with Crippen LogP contribution in [-0.4, -0.2) is 62.6 Å². The predicted molar refractivity (Wildman–Crippen MR) is 145 cm³/mol. The smallest absolute Gasteiger partial charge is 0.159 e. The fourth-order valence-corrected chi connectivity index (χ4v) is 5.11. The van der Waals surface area contributed by atoms with Gasteiger partial charge in [-0.3, -0.25) is 14.7 Å². The molecule has 3 heterocycles. The van der Waals surface area contributed by atoms with Crippen molar-refractivity contribution < 1.29 is 5.11 Å². The van der Waals surface area contributed by atoms with E-state index in [9.17, 15) is 5.11 Å². The summed E-state index contributed by atoms with van der Waals surface area (Å²) in [4.78, 5) is 10.7. The Morgan fingerprint density at radius 2 is 2.11 bits per heavy atom. The topological polar surface area (TPSA) is 92.9 Å².